The molecule has 0 atom stereocenters. The highest BCUT2D eigenvalue weighted by Crippen LogP contribution is 2.34. The van der Waals surface area contributed by atoms with Gasteiger partial charge in [-0.25, -0.2) is 4.79 Å². The van der Waals surface area contributed by atoms with Crippen molar-refractivity contribution < 1.29 is 33.4 Å². The van der Waals surface area contributed by atoms with Crippen LogP contribution in [-0.4, -0.2) is 59.5 Å². The van der Waals surface area contributed by atoms with Gasteiger partial charge in [0.25, 0.3) is 5.91 Å². The third kappa shape index (κ3) is 5.08. The average Bonchev–Trinajstić information content (AvgIpc) is 2.79. The van der Waals surface area contributed by atoms with Gasteiger partial charge in [0.2, 0.25) is 0 Å². The van der Waals surface area contributed by atoms with E-state index in [2.05, 4.69) is 5.32 Å². The van der Waals surface area contributed by atoms with Crippen molar-refractivity contribution >= 4 is 17.6 Å². The van der Waals surface area contributed by atoms with Gasteiger partial charge in [0.1, 0.15) is 19.6 Å². The van der Waals surface area contributed by atoms with Gasteiger partial charge in [-0.15, -0.1) is 0 Å². The second-order valence-electron chi connectivity index (χ2n) is 6.93. The number of hydrogen-bond acceptors (Lipinski definition) is 6. The smallest absolute Gasteiger partial charge is 0.340 e. The zero-order chi connectivity index (χ0) is 21.5. The number of esters is 1. The quantitative estimate of drug-likeness (QED) is 0.660. The summed E-state index contributed by atoms with van der Waals surface area (Å²) in [4.78, 5) is 26.4. The lowest BCUT2D eigenvalue weighted by molar-refractivity contribution is -0.921. The highest BCUT2D eigenvalue weighted by molar-refractivity contribution is 6.08. The normalized spacial score (nSPS) is 14.1. The first-order valence-electron chi connectivity index (χ1n) is 9.71. The Kier molecular flexibility index (Phi) is 7.26. The summed E-state index contributed by atoms with van der Waals surface area (Å²) in [7, 11) is 4.23. The maximum Gasteiger partial charge on any atom is 0.340 e. The zero-order valence-corrected chi connectivity index (χ0v) is 17.4. The highest BCUT2D eigenvalue weighted by atomic mass is 16.5. The minimum absolute atomic E-state index is 0.177. The van der Waals surface area contributed by atoms with Gasteiger partial charge in [-0.2, -0.15) is 0 Å². The number of morpholine rings is 1. The number of nitrogens with one attached hydrogen (secondary N) is 2. The van der Waals surface area contributed by atoms with Crippen molar-refractivity contribution in [3.05, 3.63) is 53.1 Å². The first-order chi connectivity index (χ1) is 14.5. The second kappa shape index (κ2) is 10.1. The van der Waals surface area contributed by atoms with Gasteiger partial charge in [0.05, 0.1) is 45.8 Å². The molecule has 8 nitrogen and oxygen atoms in total. The maximum absolute atomic E-state index is 12.8. The van der Waals surface area contributed by atoms with Crippen LogP contribution in [0, 0.1) is 0 Å². The minimum atomic E-state index is -0.588. The molecule has 2 N–H and O–H groups in total. The number of rotatable bonds is 7. The molecule has 1 saturated heterocycles. The Bertz CT molecular complexity index is 891. The van der Waals surface area contributed by atoms with Gasteiger partial charge < -0.3 is 29.2 Å². The molecular weight excluding hydrogens is 388 g/mol. The van der Waals surface area contributed by atoms with Gasteiger partial charge in [0, 0.05) is 23.3 Å². The lowest BCUT2D eigenvalue weighted by atomic mass is 10.1. The summed E-state index contributed by atoms with van der Waals surface area (Å²) in [5, 5.41) is 2.77. The number of hydrogen-bond donors (Lipinski definition) is 2. The van der Waals surface area contributed by atoms with Crippen LogP contribution < -0.4 is 19.7 Å². The third-order valence-electron chi connectivity index (χ3n) is 5.05. The van der Waals surface area contributed by atoms with Gasteiger partial charge in [-0.1, -0.05) is 12.1 Å². The molecule has 1 amide bonds. The monoisotopic (exact) mass is 415 g/mol. The number of carbonyl (C=O) groups is 2. The van der Waals surface area contributed by atoms with E-state index in [9.17, 15) is 9.59 Å². The molecule has 1 aliphatic rings. The number of amides is 1. The van der Waals surface area contributed by atoms with Crippen molar-refractivity contribution in [3.8, 4) is 11.5 Å². The topological polar surface area (TPSA) is 87.5 Å². The zero-order valence-electron chi connectivity index (χ0n) is 17.4. The second-order valence-corrected chi connectivity index (χ2v) is 6.93. The molecule has 3 rings (SSSR count). The number of anilines is 1. The third-order valence-corrected chi connectivity index (χ3v) is 5.05. The molecule has 0 saturated carbocycles. The Morgan fingerprint density at radius 3 is 2.23 bits per heavy atom. The predicted molar refractivity (Wildman–Crippen MR) is 111 cm³/mol. The summed E-state index contributed by atoms with van der Waals surface area (Å²) in [6, 6.07) is 10.5. The number of methoxy groups -OCH3 is 3. The molecule has 1 aliphatic heterocycles. The summed E-state index contributed by atoms with van der Waals surface area (Å²) < 4.78 is 20.7. The summed E-state index contributed by atoms with van der Waals surface area (Å²) in [6.07, 6.45) is 0. The van der Waals surface area contributed by atoms with E-state index >= 15 is 0 Å². The van der Waals surface area contributed by atoms with Crippen molar-refractivity contribution in [2.45, 2.75) is 6.54 Å². The Hall–Kier alpha value is -3.10. The number of benzene rings is 2. The first kappa shape index (κ1) is 21.6. The van der Waals surface area contributed by atoms with E-state index in [1.165, 1.54) is 32.3 Å². The molecular formula is C22H27N2O6+. The van der Waals surface area contributed by atoms with Crippen LogP contribution in [0.4, 0.5) is 5.69 Å². The Morgan fingerprint density at radius 2 is 1.63 bits per heavy atom. The van der Waals surface area contributed by atoms with Crippen molar-refractivity contribution in [2.24, 2.45) is 0 Å². The summed E-state index contributed by atoms with van der Waals surface area (Å²) in [5.74, 6) is -0.164. The highest BCUT2D eigenvalue weighted by Gasteiger charge is 2.20. The molecule has 0 radical (unpaired) electrons. The van der Waals surface area contributed by atoms with Crippen LogP contribution in [0.15, 0.2) is 36.4 Å². The number of carbonyl (C=O) groups excluding carboxylic acids is 2. The van der Waals surface area contributed by atoms with E-state index in [1.54, 1.807) is 18.2 Å². The van der Waals surface area contributed by atoms with E-state index in [0.717, 1.165) is 38.4 Å². The van der Waals surface area contributed by atoms with Crippen LogP contribution in [0.1, 0.15) is 26.3 Å². The fourth-order valence-electron chi connectivity index (χ4n) is 3.36. The summed E-state index contributed by atoms with van der Waals surface area (Å²) >= 11 is 0. The van der Waals surface area contributed by atoms with E-state index in [4.69, 9.17) is 18.9 Å². The van der Waals surface area contributed by atoms with Crippen LogP contribution >= 0.6 is 0 Å². The largest absolute Gasteiger partial charge is 0.493 e. The molecule has 0 aliphatic carbocycles. The molecule has 0 spiro atoms. The molecule has 0 bridgehead atoms. The predicted octanol–water partition coefficient (Wildman–Crippen LogP) is 1.16. The van der Waals surface area contributed by atoms with Gasteiger partial charge in [-0.05, 0) is 12.1 Å². The molecule has 160 valence electrons. The Labute approximate surface area is 175 Å². The Balaban J connectivity index is 1.76. The van der Waals surface area contributed by atoms with E-state index < -0.39 is 5.97 Å². The van der Waals surface area contributed by atoms with E-state index in [1.807, 2.05) is 12.1 Å². The van der Waals surface area contributed by atoms with Gasteiger partial charge in [0.15, 0.2) is 11.5 Å². The molecule has 1 heterocycles. The molecule has 8 heteroatoms. The number of quaternary nitrogens is 1. The van der Waals surface area contributed by atoms with Gasteiger partial charge >= 0.3 is 5.97 Å². The van der Waals surface area contributed by atoms with E-state index in [0.29, 0.717) is 17.1 Å². The lowest BCUT2D eigenvalue weighted by Crippen LogP contribution is -3.12. The standard InChI is InChI=1S/C22H26N2O6/c1-27-19-12-17(22(26)29-3)18(13-20(19)28-2)23-21(25)16-6-4-15(5-7-16)14-24-8-10-30-11-9-24/h4-7,12-13H,8-11,14H2,1-3H3,(H,23,25)/p+1. The SMILES string of the molecule is COC(=O)c1cc(OC)c(OC)cc1NC(=O)c1ccc(C[NH+]2CCOCC2)cc1. The molecule has 1 fully saturated rings. The molecule has 0 aromatic heterocycles. The summed E-state index contributed by atoms with van der Waals surface area (Å²) in [5.41, 5.74) is 2.11. The van der Waals surface area contributed by atoms with Crippen LogP contribution in [0.3, 0.4) is 0 Å². The van der Waals surface area contributed by atoms with E-state index in [-0.39, 0.29) is 17.2 Å². The average molecular weight is 415 g/mol. The van der Waals surface area contributed by atoms with Crippen molar-refractivity contribution in [2.75, 3.05) is 52.9 Å². The van der Waals surface area contributed by atoms with Crippen molar-refractivity contribution in [1.29, 1.82) is 0 Å². The van der Waals surface area contributed by atoms with Crippen LogP contribution in [-0.2, 0) is 16.0 Å². The molecule has 2 aromatic rings. The fourth-order valence-corrected chi connectivity index (χ4v) is 3.36. The number of ether oxygens (including phenoxy) is 4. The molecule has 2 aromatic carbocycles. The van der Waals surface area contributed by atoms with Crippen LogP contribution in [0.25, 0.3) is 0 Å². The van der Waals surface area contributed by atoms with Crippen molar-refractivity contribution in [3.63, 3.8) is 0 Å². The minimum Gasteiger partial charge on any atom is -0.493 e. The first-order valence-corrected chi connectivity index (χ1v) is 9.71. The van der Waals surface area contributed by atoms with Crippen LogP contribution in [0.2, 0.25) is 0 Å². The summed E-state index contributed by atoms with van der Waals surface area (Å²) in [6.45, 7) is 4.43. The maximum atomic E-state index is 12.8. The van der Waals surface area contributed by atoms with Crippen LogP contribution in [0.5, 0.6) is 11.5 Å². The Morgan fingerprint density at radius 1 is 1.00 bits per heavy atom. The van der Waals surface area contributed by atoms with Crippen molar-refractivity contribution in [1.82, 2.24) is 0 Å². The van der Waals surface area contributed by atoms with Gasteiger partial charge in [-0.3, -0.25) is 4.79 Å². The fraction of sp³-hybridized carbons (Fsp3) is 0.364. The molecule has 30 heavy (non-hydrogen) atoms. The molecule has 0 unspecified atom stereocenters. The lowest BCUT2D eigenvalue weighted by Gasteiger charge is -2.23.